The molecule has 2 N–H and O–H groups in total. The third-order valence-electron chi connectivity index (χ3n) is 2.69. The zero-order valence-electron chi connectivity index (χ0n) is 11.7. The van der Waals surface area contributed by atoms with E-state index in [1.54, 1.807) is 43.3 Å². The van der Waals surface area contributed by atoms with E-state index in [-0.39, 0.29) is 17.6 Å². The summed E-state index contributed by atoms with van der Waals surface area (Å²) in [5, 5.41) is 6.66. The van der Waals surface area contributed by atoms with Crippen LogP contribution < -0.4 is 10.7 Å². The summed E-state index contributed by atoms with van der Waals surface area (Å²) in [5.41, 5.74) is 4.54. The molecule has 21 heavy (non-hydrogen) atoms. The average Bonchev–Trinajstić information content (AvgIpc) is 3.00. The van der Waals surface area contributed by atoms with Gasteiger partial charge in [-0.2, -0.15) is 5.10 Å². The van der Waals surface area contributed by atoms with Crippen LogP contribution in [0.2, 0.25) is 0 Å². The molecule has 0 radical (unpaired) electrons. The molecule has 6 heteroatoms. The number of benzene rings is 1. The lowest BCUT2D eigenvalue weighted by Gasteiger charge is -2.05. The number of rotatable bonds is 4. The van der Waals surface area contributed by atoms with E-state index in [1.165, 1.54) is 13.2 Å². The van der Waals surface area contributed by atoms with E-state index in [0.717, 1.165) is 5.56 Å². The second-order valence-corrected chi connectivity index (χ2v) is 4.37. The summed E-state index contributed by atoms with van der Waals surface area (Å²) < 4.78 is 5.01. The summed E-state index contributed by atoms with van der Waals surface area (Å²) >= 11 is 0. The smallest absolute Gasteiger partial charge is 0.291 e. The van der Waals surface area contributed by atoms with Gasteiger partial charge in [-0.05, 0) is 36.8 Å². The average molecular weight is 285 g/mol. The summed E-state index contributed by atoms with van der Waals surface area (Å²) in [6.07, 6.45) is 1.44. The van der Waals surface area contributed by atoms with Gasteiger partial charge in [0, 0.05) is 12.6 Å². The number of furan rings is 1. The van der Waals surface area contributed by atoms with Gasteiger partial charge >= 0.3 is 0 Å². The molecule has 6 nitrogen and oxygen atoms in total. The van der Waals surface area contributed by atoms with Gasteiger partial charge in [0.15, 0.2) is 5.76 Å². The largest absolute Gasteiger partial charge is 0.459 e. The quantitative estimate of drug-likeness (QED) is 0.668. The highest BCUT2D eigenvalue weighted by atomic mass is 16.3. The van der Waals surface area contributed by atoms with Crippen LogP contribution in [0, 0.1) is 0 Å². The topological polar surface area (TPSA) is 83.7 Å². The molecule has 108 valence electrons. The molecule has 0 aliphatic heterocycles. The van der Waals surface area contributed by atoms with Crippen LogP contribution in [-0.4, -0.2) is 17.5 Å². The Kier molecular flexibility index (Phi) is 4.50. The molecule has 2 amide bonds. The van der Waals surface area contributed by atoms with Gasteiger partial charge in [-0.15, -0.1) is 0 Å². The van der Waals surface area contributed by atoms with E-state index in [9.17, 15) is 9.59 Å². The summed E-state index contributed by atoms with van der Waals surface area (Å²) in [7, 11) is 0. The maximum atomic E-state index is 11.8. The van der Waals surface area contributed by atoms with Crippen molar-refractivity contribution >= 4 is 23.2 Å². The van der Waals surface area contributed by atoms with Crippen LogP contribution in [0.1, 0.15) is 30.0 Å². The number of carbonyl (C=O) groups is 2. The van der Waals surface area contributed by atoms with Crippen molar-refractivity contribution in [3.63, 3.8) is 0 Å². The maximum Gasteiger partial charge on any atom is 0.291 e. The van der Waals surface area contributed by atoms with Crippen LogP contribution in [0.4, 0.5) is 5.69 Å². The first-order valence-electron chi connectivity index (χ1n) is 6.32. The van der Waals surface area contributed by atoms with Crippen LogP contribution in [0.15, 0.2) is 52.2 Å². The predicted molar refractivity (Wildman–Crippen MR) is 79.1 cm³/mol. The fourth-order valence-electron chi connectivity index (χ4n) is 1.62. The van der Waals surface area contributed by atoms with Gasteiger partial charge in [-0.1, -0.05) is 12.1 Å². The van der Waals surface area contributed by atoms with Crippen molar-refractivity contribution in [2.24, 2.45) is 5.10 Å². The fraction of sp³-hybridized carbons (Fsp3) is 0.133. The Hall–Kier alpha value is -2.89. The summed E-state index contributed by atoms with van der Waals surface area (Å²) in [5.74, 6) is -0.282. The van der Waals surface area contributed by atoms with Crippen LogP contribution in [0.25, 0.3) is 0 Å². The summed E-state index contributed by atoms with van der Waals surface area (Å²) in [6, 6.07) is 10.4. The van der Waals surface area contributed by atoms with Crippen molar-refractivity contribution in [1.82, 2.24) is 5.43 Å². The number of amides is 2. The van der Waals surface area contributed by atoms with Crippen molar-refractivity contribution < 1.29 is 14.0 Å². The molecule has 1 aromatic heterocycles. The number of nitrogens with one attached hydrogen (secondary N) is 2. The molecular formula is C15H15N3O3. The third kappa shape index (κ3) is 4.04. The minimum absolute atomic E-state index is 0.225. The second kappa shape index (κ2) is 6.51. The highest BCUT2D eigenvalue weighted by Crippen LogP contribution is 2.12. The molecule has 0 fully saturated rings. The predicted octanol–water partition coefficient (Wildman–Crippen LogP) is 2.39. The molecule has 0 unspecified atom stereocenters. The van der Waals surface area contributed by atoms with Gasteiger partial charge in [0.2, 0.25) is 5.91 Å². The molecule has 0 spiro atoms. The lowest BCUT2D eigenvalue weighted by molar-refractivity contribution is -0.118. The van der Waals surface area contributed by atoms with Crippen molar-refractivity contribution in [1.29, 1.82) is 0 Å². The zero-order valence-corrected chi connectivity index (χ0v) is 11.7. The highest BCUT2D eigenvalue weighted by molar-refractivity contribution is 6.03. The Balaban J connectivity index is 2.03. The molecule has 2 rings (SSSR count). The molecule has 0 aliphatic rings. The van der Waals surface area contributed by atoms with Crippen LogP contribution in [0.3, 0.4) is 0 Å². The maximum absolute atomic E-state index is 11.8. The lowest BCUT2D eigenvalue weighted by atomic mass is 10.1. The van der Waals surface area contributed by atoms with Gasteiger partial charge in [0.25, 0.3) is 5.91 Å². The Bertz CT molecular complexity index is 658. The molecule has 1 aromatic carbocycles. The molecule has 0 bridgehead atoms. The molecule has 1 heterocycles. The minimum atomic E-state index is -0.309. The van der Waals surface area contributed by atoms with Crippen molar-refractivity contribution in [3.8, 4) is 0 Å². The van der Waals surface area contributed by atoms with E-state index in [4.69, 9.17) is 4.42 Å². The lowest BCUT2D eigenvalue weighted by Crippen LogP contribution is -2.15. The van der Waals surface area contributed by atoms with Gasteiger partial charge in [-0.3, -0.25) is 9.59 Å². The van der Waals surface area contributed by atoms with Crippen molar-refractivity contribution in [2.75, 3.05) is 5.32 Å². The number of hydrazone groups is 1. The third-order valence-corrected chi connectivity index (χ3v) is 2.69. The Morgan fingerprint density at radius 2 is 1.81 bits per heavy atom. The minimum Gasteiger partial charge on any atom is -0.459 e. The number of nitrogens with zero attached hydrogens (tertiary/aromatic N) is 1. The summed E-state index contributed by atoms with van der Waals surface area (Å²) in [4.78, 5) is 22.6. The van der Waals surface area contributed by atoms with E-state index in [0.29, 0.717) is 11.4 Å². The number of hydrogen-bond donors (Lipinski definition) is 2. The van der Waals surface area contributed by atoms with Gasteiger partial charge in [-0.25, -0.2) is 5.43 Å². The first-order chi connectivity index (χ1) is 10.1. The Morgan fingerprint density at radius 1 is 1.10 bits per heavy atom. The van der Waals surface area contributed by atoms with Gasteiger partial charge in [0.05, 0.1) is 12.0 Å². The summed E-state index contributed by atoms with van der Waals surface area (Å²) in [6.45, 7) is 3.18. The number of anilines is 1. The SMILES string of the molecule is CC(=O)NN=C(C)c1ccc(NC(=O)c2ccco2)cc1. The van der Waals surface area contributed by atoms with E-state index in [2.05, 4.69) is 15.8 Å². The first kappa shape index (κ1) is 14.5. The first-order valence-corrected chi connectivity index (χ1v) is 6.32. The molecule has 0 atom stereocenters. The zero-order chi connectivity index (χ0) is 15.2. The molecule has 0 aliphatic carbocycles. The Labute approximate surface area is 121 Å². The normalized spacial score (nSPS) is 11.0. The van der Waals surface area contributed by atoms with Crippen molar-refractivity contribution in [3.05, 3.63) is 54.0 Å². The van der Waals surface area contributed by atoms with Crippen molar-refractivity contribution in [2.45, 2.75) is 13.8 Å². The standard InChI is InChI=1S/C15H15N3O3/c1-10(17-18-11(2)19)12-5-7-13(8-6-12)16-15(20)14-4-3-9-21-14/h3-9H,1-2H3,(H,16,20)(H,18,19). The molecule has 0 saturated carbocycles. The van der Waals surface area contributed by atoms with Crippen LogP contribution in [0.5, 0.6) is 0 Å². The monoisotopic (exact) mass is 285 g/mol. The molecule has 0 saturated heterocycles. The number of carbonyl (C=O) groups excluding carboxylic acids is 2. The van der Waals surface area contributed by atoms with Crippen LogP contribution in [-0.2, 0) is 4.79 Å². The van der Waals surface area contributed by atoms with Crippen LogP contribution >= 0.6 is 0 Å². The molecule has 2 aromatic rings. The second-order valence-electron chi connectivity index (χ2n) is 4.37. The van der Waals surface area contributed by atoms with Gasteiger partial charge in [0.1, 0.15) is 0 Å². The fourth-order valence-corrected chi connectivity index (χ4v) is 1.62. The van der Waals surface area contributed by atoms with E-state index >= 15 is 0 Å². The van der Waals surface area contributed by atoms with E-state index in [1.807, 2.05) is 0 Å². The highest BCUT2D eigenvalue weighted by Gasteiger charge is 2.08. The van der Waals surface area contributed by atoms with E-state index < -0.39 is 0 Å². The van der Waals surface area contributed by atoms with Gasteiger partial charge < -0.3 is 9.73 Å². The Morgan fingerprint density at radius 3 is 2.38 bits per heavy atom. The molecular weight excluding hydrogens is 270 g/mol. The number of hydrogen-bond acceptors (Lipinski definition) is 4.